The maximum atomic E-state index is 12.1. The van der Waals surface area contributed by atoms with Crippen molar-refractivity contribution >= 4 is 5.78 Å². The van der Waals surface area contributed by atoms with Crippen molar-refractivity contribution in [3.63, 3.8) is 0 Å². The van der Waals surface area contributed by atoms with Crippen molar-refractivity contribution in [2.24, 2.45) is 17.6 Å². The fourth-order valence-electron chi connectivity index (χ4n) is 2.70. The summed E-state index contributed by atoms with van der Waals surface area (Å²) in [6, 6.07) is 2.12. The van der Waals surface area contributed by atoms with Gasteiger partial charge in [0.15, 0.2) is 5.78 Å². The van der Waals surface area contributed by atoms with E-state index in [1.807, 2.05) is 6.92 Å². The molecule has 0 bridgehead atoms. The maximum Gasteiger partial charge on any atom is 0.204 e. The smallest absolute Gasteiger partial charge is 0.204 e. The molecule has 1 heterocycles. The molecule has 0 unspecified atom stereocenters. The Kier molecular flexibility index (Phi) is 3.42. The van der Waals surface area contributed by atoms with Crippen molar-refractivity contribution < 1.29 is 9.53 Å². The van der Waals surface area contributed by atoms with Crippen LogP contribution < -0.4 is 5.73 Å². The van der Waals surface area contributed by atoms with E-state index in [9.17, 15) is 10.1 Å². The van der Waals surface area contributed by atoms with Crippen LogP contribution in [0.1, 0.15) is 39.5 Å². The quantitative estimate of drug-likeness (QED) is 0.811. The molecule has 0 saturated carbocycles. The first-order valence-corrected chi connectivity index (χ1v) is 6.44. The molecule has 0 saturated heterocycles. The average Bonchev–Trinajstić information content (AvgIpc) is 2.36. The molecule has 1 aliphatic carbocycles. The zero-order chi connectivity index (χ0) is 13.3. The third kappa shape index (κ3) is 1.90. The van der Waals surface area contributed by atoms with Crippen LogP contribution in [0.4, 0.5) is 0 Å². The van der Waals surface area contributed by atoms with E-state index in [1.165, 1.54) is 0 Å². The first kappa shape index (κ1) is 12.7. The van der Waals surface area contributed by atoms with Gasteiger partial charge in [-0.1, -0.05) is 20.3 Å². The van der Waals surface area contributed by atoms with E-state index in [0.29, 0.717) is 23.3 Å². The summed E-state index contributed by atoms with van der Waals surface area (Å²) >= 11 is 0. The molecule has 96 valence electrons. The van der Waals surface area contributed by atoms with Crippen LogP contribution in [0.25, 0.3) is 0 Å². The van der Waals surface area contributed by atoms with E-state index < -0.39 is 0 Å². The standard InChI is InChI=1S/C14H18N2O2/c1-3-8(2)12-9(7-15)14(16)18-11-6-4-5-10(17)13(11)12/h8,12H,3-6,16H2,1-2H3/t8-,12+/m1/s1. The highest BCUT2D eigenvalue weighted by atomic mass is 16.5. The van der Waals surface area contributed by atoms with Crippen molar-refractivity contribution in [1.29, 1.82) is 5.26 Å². The van der Waals surface area contributed by atoms with E-state index in [1.54, 1.807) is 0 Å². The number of carbonyl (C=O) groups excluding carboxylic acids is 1. The summed E-state index contributed by atoms with van der Waals surface area (Å²) in [6.07, 6.45) is 2.99. The molecule has 0 aromatic carbocycles. The second-order valence-electron chi connectivity index (χ2n) is 4.97. The number of ketones is 1. The van der Waals surface area contributed by atoms with Gasteiger partial charge in [-0.3, -0.25) is 4.79 Å². The number of hydrogen-bond acceptors (Lipinski definition) is 4. The van der Waals surface area contributed by atoms with E-state index >= 15 is 0 Å². The van der Waals surface area contributed by atoms with Crippen LogP contribution in [-0.2, 0) is 9.53 Å². The minimum Gasteiger partial charge on any atom is -0.444 e. The zero-order valence-electron chi connectivity index (χ0n) is 10.8. The number of hydrogen-bond donors (Lipinski definition) is 1. The summed E-state index contributed by atoms with van der Waals surface area (Å²) in [4.78, 5) is 12.1. The molecule has 1 aliphatic heterocycles. The lowest BCUT2D eigenvalue weighted by molar-refractivity contribution is -0.117. The van der Waals surface area contributed by atoms with Gasteiger partial charge in [0.2, 0.25) is 5.88 Å². The third-order valence-corrected chi connectivity index (χ3v) is 3.86. The van der Waals surface area contributed by atoms with Crippen molar-refractivity contribution in [2.45, 2.75) is 39.5 Å². The summed E-state index contributed by atoms with van der Waals surface area (Å²) in [5.74, 6) is 1.01. The number of ether oxygens (including phenoxy) is 1. The van der Waals surface area contributed by atoms with E-state index in [-0.39, 0.29) is 23.5 Å². The van der Waals surface area contributed by atoms with E-state index in [2.05, 4.69) is 13.0 Å². The molecular formula is C14H18N2O2. The van der Waals surface area contributed by atoms with Crippen molar-refractivity contribution in [3.8, 4) is 6.07 Å². The van der Waals surface area contributed by atoms with Crippen molar-refractivity contribution in [3.05, 3.63) is 22.8 Å². The number of rotatable bonds is 2. The Bertz CT molecular complexity index is 483. The van der Waals surface area contributed by atoms with Gasteiger partial charge in [-0.15, -0.1) is 0 Å². The molecule has 0 spiro atoms. The van der Waals surface area contributed by atoms with E-state index in [0.717, 1.165) is 19.3 Å². The number of Topliss-reactive ketones (excluding diaryl/α,β-unsaturated/α-hetero) is 1. The molecule has 18 heavy (non-hydrogen) atoms. The molecule has 2 rings (SSSR count). The first-order valence-electron chi connectivity index (χ1n) is 6.44. The average molecular weight is 246 g/mol. The topological polar surface area (TPSA) is 76.1 Å². The summed E-state index contributed by atoms with van der Waals surface area (Å²) in [6.45, 7) is 4.10. The Hall–Kier alpha value is -1.76. The molecule has 0 radical (unpaired) electrons. The predicted molar refractivity (Wildman–Crippen MR) is 66.7 cm³/mol. The van der Waals surface area contributed by atoms with Gasteiger partial charge in [-0.05, 0) is 12.3 Å². The van der Waals surface area contributed by atoms with Crippen LogP contribution in [0.15, 0.2) is 22.8 Å². The normalized spacial score (nSPS) is 25.4. The number of carbonyl (C=O) groups is 1. The molecule has 4 heteroatoms. The van der Waals surface area contributed by atoms with Crippen LogP contribution in [-0.4, -0.2) is 5.78 Å². The molecule has 0 aromatic rings. The number of nitrogens with zero attached hydrogens (tertiary/aromatic N) is 1. The molecule has 4 nitrogen and oxygen atoms in total. The summed E-state index contributed by atoms with van der Waals surface area (Å²) in [7, 11) is 0. The van der Waals surface area contributed by atoms with Crippen molar-refractivity contribution in [2.75, 3.05) is 0 Å². The molecule has 0 fully saturated rings. The molecular weight excluding hydrogens is 228 g/mol. The highest BCUT2D eigenvalue weighted by Crippen LogP contribution is 2.41. The van der Waals surface area contributed by atoms with Gasteiger partial charge in [0.05, 0.1) is 5.57 Å². The van der Waals surface area contributed by atoms with Gasteiger partial charge in [0, 0.05) is 24.3 Å². The Labute approximate surface area is 107 Å². The van der Waals surface area contributed by atoms with Gasteiger partial charge in [-0.25, -0.2) is 0 Å². The minimum atomic E-state index is -0.184. The minimum absolute atomic E-state index is 0.113. The third-order valence-electron chi connectivity index (χ3n) is 3.86. The summed E-state index contributed by atoms with van der Waals surface area (Å²) in [5.41, 5.74) is 6.93. The van der Waals surface area contributed by atoms with Crippen LogP contribution in [0.2, 0.25) is 0 Å². The van der Waals surface area contributed by atoms with Gasteiger partial charge in [0.25, 0.3) is 0 Å². The van der Waals surface area contributed by atoms with E-state index in [4.69, 9.17) is 10.5 Å². The monoisotopic (exact) mass is 246 g/mol. The van der Waals surface area contributed by atoms with Crippen LogP contribution >= 0.6 is 0 Å². The second-order valence-corrected chi connectivity index (χ2v) is 4.97. The lowest BCUT2D eigenvalue weighted by Gasteiger charge is -2.33. The molecule has 0 amide bonds. The fourth-order valence-corrected chi connectivity index (χ4v) is 2.70. The molecule has 2 N–H and O–H groups in total. The van der Waals surface area contributed by atoms with Gasteiger partial charge in [0.1, 0.15) is 11.8 Å². The van der Waals surface area contributed by atoms with Crippen LogP contribution in [0, 0.1) is 23.2 Å². The highest BCUT2D eigenvalue weighted by Gasteiger charge is 2.39. The Morgan fingerprint density at radius 3 is 2.89 bits per heavy atom. The Morgan fingerprint density at radius 2 is 2.28 bits per heavy atom. The second kappa shape index (κ2) is 4.85. The summed E-state index contributed by atoms with van der Waals surface area (Å²) < 4.78 is 5.48. The lowest BCUT2D eigenvalue weighted by atomic mass is 9.74. The number of allylic oxidation sites excluding steroid dienone is 3. The number of nitrogens with two attached hydrogens (primary N) is 1. The fraction of sp³-hybridized carbons (Fsp3) is 0.571. The Balaban J connectivity index is 2.51. The number of nitriles is 1. The SMILES string of the molecule is CC[C@@H](C)[C@H]1C(C#N)=C(N)OC2=C1C(=O)CCC2. The first-order chi connectivity index (χ1) is 8.60. The van der Waals surface area contributed by atoms with Crippen LogP contribution in [0.3, 0.4) is 0 Å². The van der Waals surface area contributed by atoms with Gasteiger partial charge >= 0.3 is 0 Å². The highest BCUT2D eigenvalue weighted by molar-refractivity contribution is 5.98. The lowest BCUT2D eigenvalue weighted by Crippen LogP contribution is -2.31. The van der Waals surface area contributed by atoms with Gasteiger partial charge < -0.3 is 10.5 Å². The summed E-state index contributed by atoms with van der Waals surface area (Å²) in [5, 5.41) is 9.25. The maximum absolute atomic E-state index is 12.1. The van der Waals surface area contributed by atoms with Crippen molar-refractivity contribution in [1.82, 2.24) is 0 Å². The van der Waals surface area contributed by atoms with Crippen LogP contribution in [0.5, 0.6) is 0 Å². The Morgan fingerprint density at radius 1 is 1.56 bits per heavy atom. The molecule has 2 aliphatic rings. The van der Waals surface area contributed by atoms with Gasteiger partial charge in [-0.2, -0.15) is 5.26 Å². The predicted octanol–water partition coefficient (Wildman–Crippen LogP) is 2.38. The molecule has 2 atom stereocenters. The molecule has 0 aromatic heterocycles. The largest absolute Gasteiger partial charge is 0.444 e. The zero-order valence-corrected chi connectivity index (χ0v) is 10.8.